The zero-order valence-electron chi connectivity index (χ0n) is 18.0. The molecule has 0 radical (unpaired) electrons. The number of piperidine rings is 1. The molecule has 1 saturated carbocycles. The number of benzene rings is 2. The standard InChI is InChI=1S/C24H24N6O2/c1-14-7-8-19(30-26-9-10-27-30)16(11-14)23(31)29-13-17-15(2)22(17)20(29)12-25-24-28-18-5-3-4-6-21(18)32-24/h3-11,15,17,20,22H,12-13H2,1-2H3,(H,25,28)/t15-,17+,20-,22-/m1/s1. The van der Waals surface area contributed by atoms with E-state index in [9.17, 15) is 4.79 Å². The van der Waals surface area contributed by atoms with E-state index in [1.165, 1.54) is 4.80 Å². The quantitative estimate of drug-likeness (QED) is 0.523. The van der Waals surface area contributed by atoms with Crippen molar-refractivity contribution in [1.29, 1.82) is 0 Å². The number of para-hydroxylation sites is 2. The summed E-state index contributed by atoms with van der Waals surface area (Å²) in [5, 5.41) is 11.8. The Kier molecular flexibility index (Phi) is 4.28. The van der Waals surface area contributed by atoms with Crippen LogP contribution in [0.1, 0.15) is 22.8 Å². The van der Waals surface area contributed by atoms with Gasteiger partial charge in [-0.3, -0.25) is 4.79 Å². The summed E-state index contributed by atoms with van der Waals surface area (Å²) in [6, 6.07) is 14.1. The number of fused-ring (bicyclic) bond motifs is 2. The first-order chi connectivity index (χ1) is 15.6. The number of aryl methyl sites for hydroxylation is 1. The van der Waals surface area contributed by atoms with Crippen molar-refractivity contribution >= 4 is 23.0 Å². The van der Waals surface area contributed by atoms with Crippen molar-refractivity contribution in [1.82, 2.24) is 24.9 Å². The minimum Gasteiger partial charge on any atom is -0.424 e. The van der Waals surface area contributed by atoms with Gasteiger partial charge in [-0.1, -0.05) is 30.7 Å². The average Bonchev–Trinajstić information content (AvgIpc) is 3.30. The van der Waals surface area contributed by atoms with Crippen molar-refractivity contribution in [3.63, 3.8) is 0 Å². The molecule has 1 aliphatic carbocycles. The van der Waals surface area contributed by atoms with Gasteiger partial charge in [0.05, 0.1) is 29.7 Å². The van der Waals surface area contributed by atoms with Gasteiger partial charge < -0.3 is 14.6 Å². The Bertz CT molecular complexity index is 1260. The van der Waals surface area contributed by atoms with Crippen molar-refractivity contribution < 1.29 is 9.21 Å². The van der Waals surface area contributed by atoms with Gasteiger partial charge >= 0.3 is 0 Å². The maximum Gasteiger partial charge on any atom is 0.295 e. The van der Waals surface area contributed by atoms with Crippen molar-refractivity contribution in [3.8, 4) is 5.69 Å². The van der Waals surface area contributed by atoms with E-state index in [0.717, 1.165) is 23.2 Å². The summed E-state index contributed by atoms with van der Waals surface area (Å²) >= 11 is 0. The fourth-order valence-corrected chi connectivity index (χ4v) is 5.18. The van der Waals surface area contributed by atoms with Crippen LogP contribution < -0.4 is 5.32 Å². The third kappa shape index (κ3) is 3.05. The highest BCUT2D eigenvalue weighted by atomic mass is 16.4. The lowest BCUT2D eigenvalue weighted by Crippen LogP contribution is -2.43. The number of hydrogen-bond acceptors (Lipinski definition) is 6. The lowest BCUT2D eigenvalue weighted by molar-refractivity contribution is 0.0704. The summed E-state index contributed by atoms with van der Waals surface area (Å²) in [5.41, 5.74) is 3.93. The summed E-state index contributed by atoms with van der Waals surface area (Å²) in [5.74, 6) is 1.68. The van der Waals surface area contributed by atoms with Gasteiger partial charge in [-0.2, -0.15) is 20.0 Å². The molecular weight excluding hydrogens is 404 g/mol. The molecule has 162 valence electrons. The fourth-order valence-electron chi connectivity index (χ4n) is 5.18. The topological polar surface area (TPSA) is 89.1 Å². The molecule has 2 aromatic heterocycles. The molecule has 0 bridgehead atoms. The normalized spacial score (nSPS) is 24.0. The van der Waals surface area contributed by atoms with Gasteiger partial charge in [-0.25, -0.2) is 0 Å². The summed E-state index contributed by atoms with van der Waals surface area (Å²) in [7, 11) is 0. The van der Waals surface area contributed by atoms with Gasteiger partial charge in [0.25, 0.3) is 11.9 Å². The largest absolute Gasteiger partial charge is 0.424 e. The van der Waals surface area contributed by atoms with Crippen LogP contribution >= 0.6 is 0 Å². The third-order valence-electron chi connectivity index (χ3n) is 6.92. The predicted octanol–water partition coefficient (Wildman–Crippen LogP) is 3.54. The van der Waals surface area contributed by atoms with Crippen molar-refractivity contribution in [3.05, 3.63) is 66.0 Å². The number of oxazole rings is 1. The highest BCUT2D eigenvalue weighted by molar-refractivity contribution is 5.98. The van der Waals surface area contributed by atoms with E-state index in [-0.39, 0.29) is 11.9 Å². The highest BCUT2D eigenvalue weighted by Crippen LogP contribution is 2.55. The Morgan fingerprint density at radius 1 is 1.19 bits per heavy atom. The van der Waals surface area contributed by atoms with E-state index < -0.39 is 0 Å². The molecule has 0 spiro atoms. The van der Waals surface area contributed by atoms with Crippen LogP contribution in [0.15, 0.2) is 59.3 Å². The number of nitrogens with zero attached hydrogens (tertiary/aromatic N) is 5. The van der Waals surface area contributed by atoms with Crippen LogP contribution in [0.25, 0.3) is 16.8 Å². The highest BCUT2D eigenvalue weighted by Gasteiger charge is 2.59. The van der Waals surface area contributed by atoms with E-state index in [0.29, 0.717) is 41.6 Å². The maximum atomic E-state index is 13.7. The summed E-state index contributed by atoms with van der Waals surface area (Å²) in [6.45, 7) is 5.64. The molecule has 1 amide bonds. The Labute approximate surface area is 185 Å². The molecule has 2 aromatic carbocycles. The smallest absolute Gasteiger partial charge is 0.295 e. The first kappa shape index (κ1) is 19.0. The molecule has 8 heteroatoms. The molecule has 2 fully saturated rings. The van der Waals surface area contributed by atoms with Crippen LogP contribution in [0.5, 0.6) is 0 Å². The average molecular weight is 428 g/mol. The number of aromatic nitrogens is 4. The van der Waals surface area contributed by atoms with Crippen molar-refractivity contribution in [2.45, 2.75) is 19.9 Å². The lowest BCUT2D eigenvalue weighted by atomic mass is 10.1. The number of rotatable bonds is 5. The Hall–Kier alpha value is -3.68. The van der Waals surface area contributed by atoms with Gasteiger partial charge in [-0.15, -0.1) is 0 Å². The van der Waals surface area contributed by atoms with E-state index in [1.54, 1.807) is 12.4 Å². The number of nitrogens with one attached hydrogen (secondary N) is 1. The van der Waals surface area contributed by atoms with Gasteiger partial charge in [0.15, 0.2) is 5.58 Å². The molecule has 1 N–H and O–H groups in total. The zero-order valence-corrected chi connectivity index (χ0v) is 18.0. The molecule has 4 atom stereocenters. The minimum atomic E-state index is 0.0183. The summed E-state index contributed by atoms with van der Waals surface area (Å²) in [4.78, 5) is 21.8. The van der Waals surface area contributed by atoms with Gasteiger partial charge in [0.2, 0.25) is 0 Å². The van der Waals surface area contributed by atoms with Crippen LogP contribution in [0.3, 0.4) is 0 Å². The Balaban J connectivity index is 1.27. The molecule has 1 saturated heterocycles. The Morgan fingerprint density at radius 3 is 2.81 bits per heavy atom. The summed E-state index contributed by atoms with van der Waals surface area (Å²) < 4.78 is 5.82. The number of amides is 1. The molecule has 4 aromatic rings. The molecule has 6 rings (SSSR count). The van der Waals surface area contributed by atoms with Gasteiger partial charge in [-0.05, 0) is 48.9 Å². The van der Waals surface area contributed by atoms with Gasteiger partial charge in [0, 0.05) is 13.1 Å². The predicted molar refractivity (Wildman–Crippen MR) is 120 cm³/mol. The van der Waals surface area contributed by atoms with E-state index in [4.69, 9.17) is 4.42 Å². The lowest BCUT2D eigenvalue weighted by Gasteiger charge is -2.29. The molecule has 8 nitrogen and oxygen atoms in total. The molecule has 32 heavy (non-hydrogen) atoms. The summed E-state index contributed by atoms with van der Waals surface area (Å²) in [6.07, 6.45) is 3.24. The van der Waals surface area contributed by atoms with Crippen LogP contribution in [-0.4, -0.2) is 49.9 Å². The second kappa shape index (κ2) is 7.19. The van der Waals surface area contributed by atoms with Crippen LogP contribution in [0, 0.1) is 24.7 Å². The molecule has 3 heterocycles. The van der Waals surface area contributed by atoms with Crippen molar-refractivity contribution in [2.24, 2.45) is 17.8 Å². The van der Waals surface area contributed by atoms with Crippen LogP contribution in [-0.2, 0) is 0 Å². The van der Waals surface area contributed by atoms with Crippen molar-refractivity contribution in [2.75, 3.05) is 18.4 Å². The number of anilines is 1. The number of carbonyl (C=O) groups is 1. The maximum absolute atomic E-state index is 13.7. The number of carbonyl (C=O) groups excluding carboxylic acids is 1. The molecule has 0 unspecified atom stereocenters. The molecular formula is C24H24N6O2. The number of hydrogen-bond donors (Lipinski definition) is 1. The number of likely N-dealkylation sites (tertiary alicyclic amines) is 1. The SMILES string of the molecule is Cc1ccc(-n2nccn2)c(C(=O)N2C[C@H]3[C@@H](C)[C@H]3[C@H]2CNc2nc3ccccc3o2)c1. The monoisotopic (exact) mass is 428 g/mol. The van der Waals surface area contributed by atoms with E-state index in [1.807, 2.05) is 54.3 Å². The first-order valence-corrected chi connectivity index (χ1v) is 11.0. The third-order valence-corrected chi connectivity index (χ3v) is 6.92. The van der Waals surface area contributed by atoms with Gasteiger partial charge in [0.1, 0.15) is 5.52 Å². The fraction of sp³-hybridized carbons (Fsp3) is 0.333. The second-order valence-electron chi connectivity index (χ2n) is 8.83. The van der Waals surface area contributed by atoms with Crippen LogP contribution in [0.2, 0.25) is 0 Å². The second-order valence-corrected chi connectivity index (χ2v) is 8.83. The minimum absolute atomic E-state index is 0.0183. The molecule has 1 aliphatic heterocycles. The van der Waals surface area contributed by atoms with E-state index >= 15 is 0 Å². The van der Waals surface area contributed by atoms with E-state index in [2.05, 4.69) is 27.4 Å². The molecule has 2 aliphatic rings. The first-order valence-electron chi connectivity index (χ1n) is 11.0. The zero-order chi connectivity index (χ0) is 21.8. The Morgan fingerprint density at radius 2 is 2.00 bits per heavy atom. The van der Waals surface area contributed by atoms with Crippen LogP contribution in [0.4, 0.5) is 6.01 Å².